The number of halogens is 2. The molecule has 2 rings (SSSR count). The third-order valence-electron chi connectivity index (χ3n) is 3.83. The number of hydrogen-bond donors (Lipinski definition) is 0. The molecule has 0 aromatic heterocycles. The lowest BCUT2D eigenvalue weighted by atomic mass is 9.97. The molecule has 0 radical (unpaired) electrons. The number of piperidine rings is 1. The fourth-order valence-electron chi connectivity index (χ4n) is 2.57. The van der Waals surface area contributed by atoms with Gasteiger partial charge in [0, 0.05) is 16.0 Å². The second-order valence-electron chi connectivity index (χ2n) is 5.12. The van der Waals surface area contributed by atoms with E-state index in [9.17, 15) is 4.79 Å². The maximum atomic E-state index is 11.5. The predicted octanol–water partition coefficient (Wildman–Crippen LogP) is 3.53. The van der Waals surface area contributed by atoms with Crippen molar-refractivity contribution in [2.24, 2.45) is 5.92 Å². The van der Waals surface area contributed by atoms with Gasteiger partial charge in [-0.1, -0.05) is 27.5 Å². The van der Waals surface area contributed by atoms with Crippen LogP contribution < -0.4 is 0 Å². The zero-order valence-electron chi connectivity index (χ0n) is 11.6. The summed E-state index contributed by atoms with van der Waals surface area (Å²) in [7, 11) is 1.46. The first-order valence-electron chi connectivity index (χ1n) is 6.84. The molecule has 1 saturated heterocycles. The SMILES string of the molecule is COC(=O)C1CCN(CCc2cc(Br)ccc2Cl)CC1. The Kier molecular flexibility index (Phi) is 5.87. The molecule has 0 saturated carbocycles. The first-order chi connectivity index (χ1) is 9.60. The smallest absolute Gasteiger partial charge is 0.308 e. The van der Waals surface area contributed by atoms with Crippen LogP contribution >= 0.6 is 27.5 Å². The number of benzene rings is 1. The highest BCUT2D eigenvalue weighted by molar-refractivity contribution is 9.10. The van der Waals surface area contributed by atoms with Crippen molar-refractivity contribution < 1.29 is 9.53 Å². The van der Waals surface area contributed by atoms with Gasteiger partial charge in [0.2, 0.25) is 0 Å². The summed E-state index contributed by atoms with van der Waals surface area (Å²) in [5.74, 6) is 0.00499. The molecular formula is C15H19BrClNO2. The molecule has 0 amide bonds. The van der Waals surface area contributed by atoms with Gasteiger partial charge >= 0.3 is 5.97 Å². The fraction of sp³-hybridized carbons (Fsp3) is 0.533. The van der Waals surface area contributed by atoms with Crippen molar-refractivity contribution in [1.29, 1.82) is 0 Å². The van der Waals surface area contributed by atoms with E-state index in [4.69, 9.17) is 16.3 Å². The van der Waals surface area contributed by atoms with Gasteiger partial charge < -0.3 is 9.64 Å². The van der Waals surface area contributed by atoms with Crippen LogP contribution in [0.2, 0.25) is 5.02 Å². The Hall–Kier alpha value is -0.580. The number of methoxy groups -OCH3 is 1. The monoisotopic (exact) mass is 359 g/mol. The molecule has 1 aromatic carbocycles. The first kappa shape index (κ1) is 15.8. The van der Waals surface area contributed by atoms with E-state index in [2.05, 4.69) is 26.9 Å². The van der Waals surface area contributed by atoms with Crippen LogP contribution in [0.15, 0.2) is 22.7 Å². The highest BCUT2D eigenvalue weighted by Gasteiger charge is 2.25. The normalized spacial score (nSPS) is 17.1. The van der Waals surface area contributed by atoms with Crippen LogP contribution in [0.5, 0.6) is 0 Å². The van der Waals surface area contributed by atoms with Crippen LogP contribution in [-0.2, 0) is 16.0 Å². The predicted molar refractivity (Wildman–Crippen MR) is 84.0 cm³/mol. The lowest BCUT2D eigenvalue weighted by Gasteiger charge is -2.30. The highest BCUT2D eigenvalue weighted by Crippen LogP contribution is 2.23. The number of carbonyl (C=O) groups is 1. The Bertz CT molecular complexity index is 473. The maximum absolute atomic E-state index is 11.5. The van der Waals surface area contributed by atoms with Gasteiger partial charge in [0.05, 0.1) is 13.0 Å². The Morgan fingerprint density at radius 1 is 1.45 bits per heavy atom. The lowest BCUT2D eigenvalue weighted by Crippen LogP contribution is -2.37. The Morgan fingerprint density at radius 3 is 2.80 bits per heavy atom. The van der Waals surface area contributed by atoms with E-state index in [1.165, 1.54) is 7.11 Å². The summed E-state index contributed by atoms with van der Waals surface area (Å²) in [4.78, 5) is 13.9. The van der Waals surface area contributed by atoms with E-state index in [1.54, 1.807) is 0 Å². The number of nitrogens with zero attached hydrogens (tertiary/aromatic N) is 1. The van der Waals surface area contributed by atoms with Crippen molar-refractivity contribution in [3.8, 4) is 0 Å². The number of rotatable bonds is 4. The molecule has 1 aromatic rings. The summed E-state index contributed by atoms with van der Waals surface area (Å²) in [6.45, 7) is 2.88. The molecule has 20 heavy (non-hydrogen) atoms. The molecule has 0 N–H and O–H groups in total. The van der Waals surface area contributed by atoms with Crippen LogP contribution in [-0.4, -0.2) is 37.6 Å². The van der Waals surface area contributed by atoms with E-state index in [0.717, 1.165) is 54.0 Å². The minimum absolute atomic E-state index is 0.0697. The minimum Gasteiger partial charge on any atom is -0.469 e. The summed E-state index contributed by atoms with van der Waals surface area (Å²) in [6, 6.07) is 5.95. The van der Waals surface area contributed by atoms with E-state index in [1.807, 2.05) is 12.1 Å². The van der Waals surface area contributed by atoms with Gasteiger partial charge in [-0.15, -0.1) is 0 Å². The van der Waals surface area contributed by atoms with Gasteiger partial charge in [0.1, 0.15) is 0 Å². The molecular weight excluding hydrogens is 342 g/mol. The lowest BCUT2D eigenvalue weighted by molar-refractivity contribution is -0.147. The summed E-state index contributed by atoms with van der Waals surface area (Å²) in [6.07, 6.45) is 2.71. The van der Waals surface area contributed by atoms with Gasteiger partial charge in [0.25, 0.3) is 0 Å². The van der Waals surface area contributed by atoms with Crippen molar-refractivity contribution in [3.05, 3.63) is 33.3 Å². The summed E-state index contributed by atoms with van der Waals surface area (Å²) in [5.41, 5.74) is 1.16. The molecule has 1 heterocycles. The Morgan fingerprint density at radius 2 is 2.15 bits per heavy atom. The molecule has 0 spiro atoms. The van der Waals surface area contributed by atoms with Crippen LogP contribution in [0.4, 0.5) is 0 Å². The molecule has 1 aliphatic heterocycles. The zero-order valence-corrected chi connectivity index (χ0v) is 13.9. The Balaban J connectivity index is 1.81. The van der Waals surface area contributed by atoms with Crippen molar-refractivity contribution in [3.63, 3.8) is 0 Å². The number of esters is 1. The molecule has 5 heteroatoms. The molecule has 0 aliphatic carbocycles. The molecule has 110 valence electrons. The van der Waals surface area contributed by atoms with E-state index in [0.29, 0.717) is 0 Å². The number of carbonyl (C=O) groups excluding carboxylic acids is 1. The first-order valence-corrected chi connectivity index (χ1v) is 8.01. The number of likely N-dealkylation sites (tertiary alicyclic amines) is 1. The zero-order chi connectivity index (χ0) is 14.5. The van der Waals surface area contributed by atoms with Crippen LogP contribution in [0.3, 0.4) is 0 Å². The number of hydrogen-bond acceptors (Lipinski definition) is 3. The molecule has 3 nitrogen and oxygen atoms in total. The van der Waals surface area contributed by atoms with Gasteiger partial charge in [-0.3, -0.25) is 4.79 Å². The van der Waals surface area contributed by atoms with Crippen molar-refractivity contribution in [1.82, 2.24) is 4.90 Å². The fourth-order valence-corrected chi connectivity index (χ4v) is 3.19. The van der Waals surface area contributed by atoms with E-state index < -0.39 is 0 Å². The van der Waals surface area contributed by atoms with Gasteiger partial charge in [-0.2, -0.15) is 0 Å². The Labute approximate surface area is 133 Å². The quantitative estimate of drug-likeness (QED) is 0.769. The van der Waals surface area contributed by atoms with Crippen molar-refractivity contribution >= 4 is 33.5 Å². The van der Waals surface area contributed by atoms with E-state index >= 15 is 0 Å². The van der Waals surface area contributed by atoms with Crippen LogP contribution in [0, 0.1) is 5.92 Å². The molecule has 1 aliphatic rings. The molecule has 1 fully saturated rings. The van der Waals surface area contributed by atoms with Crippen LogP contribution in [0.25, 0.3) is 0 Å². The minimum atomic E-state index is -0.0697. The molecule has 0 bridgehead atoms. The highest BCUT2D eigenvalue weighted by atomic mass is 79.9. The molecule has 0 atom stereocenters. The second kappa shape index (κ2) is 7.43. The third-order valence-corrected chi connectivity index (χ3v) is 4.69. The summed E-state index contributed by atoms with van der Waals surface area (Å²) < 4.78 is 5.86. The van der Waals surface area contributed by atoms with Crippen molar-refractivity contribution in [2.75, 3.05) is 26.7 Å². The summed E-state index contributed by atoms with van der Waals surface area (Å²) in [5, 5.41) is 0.817. The largest absolute Gasteiger partial charge is 0.469 e. The van der Waals surface area contributed by atoms with Crippen LogP contribution in [0.1, 0.15) is 18.4 Å². The standard InChI is InChI=1S/C15H19BrClNO2/c1-20-15(19)11-4-7-18(8-5-11)9-6-12-10-13(16)2-3-14(12)17/h2-3,10-11H,4-9H2,1H3. The third kappa shape index (κ3) is 4.21. The maximum Gasteiger partial charge on any atom is 0.308 e. The average molecular weight is 361 g/mol. The second-order valence-corrected chi connectivity index (χ2v) is 6.45. The average Bonchev–Trinajstić information content (AvgIpc) is 2.48. The van der Waals surface area contributed by atoms with E-state index in [-0.39, 0.29) is 11.9 Å². The van der Waals surface area contributed by atoms with Gasteiger partial charge in [0.15, 0.2) is 0 Å². The molecule has 0 unspecified atom stereocenters. The van der Waals surface area contributed by atoms with Gasteiger partial charge in [-0.05, 0) is 56.1 Å². The number of ether oxygens (including phenoxy) is 1. The topological polar surface area (TPSA) is 29.5 Å². The summed E-state index contributed by atoms with van der Waals surface area (Å²) >= 11 is 9.67. The van der Waals surface area contributed by atoms with Crippen molar-refractivity contribution in [2.45, 2.75) is 19.3 Å². The van der Waals surface area contributed by atoms with Gasteiger partial charge in [-0.25, -0.2) is 0 Å².